The van der Waals surface area contributed by atoms with Gasteiger partial charge in [-0.2, -0.15) is 0 Å². The van der Waals surface area contributed by atoms with Crippen molar-refractivity contribution in [3.63, 3.8) is 0 Å². The molecular formula is C13H18ClFO. The first-order chi connectivity index (χ1) is 7.56. The quantitative estimate of drug-likeness (QED) is 0.711. The van der Waals surface area contributed by atoms with E-state index in [4.69, 9.17) is 16.3 Å². The number of hydrogen-bond acceptors (Lipinski definition) is 1. The molecule has 0 aliphatic rings. The average Bonchev–Trinajstić information content (AvgIpc) is 2.27. The molecule has 0 amide bonds. The van der Waals surface area contributed by atoms with Gasteiger partial charge in [0.25, 0.3) is 0 Å². The summed E-state index contributed by atoms with van der Waals surface area (Å²) in [7, 11) is 1.47. The number of ether oxygens (including phenoxy) is 1. The molecule has 0 aliphatic heterocycles. The maximum Gasteiger partial charge on any atom is 0.168 e. The Morgan fingerprint density at radius 1 is 1.38 bits per heavy atom. The molecule has 1 aromatic carbocycles. The largest absolute Gasteiger partial charge is 0.494 e. The van der Waals surface area contributed by atoms with Crippen LogP contribution >= 0.6 is 11.6 Å². The maximum absolute atomic E-state index is 13.8. The Hall–Kier alpha value is -0.760. The van der Waals surface area contributed by atoms with E-state index in [0.717, 1.165) is 6.42 Å². The third-order valence-electron chi connectivity index (χ3n) is 2.68. The van der Waals surface area contributed by atoms with Crippen LogP contribution in [-0.4, -0.2) is 12.5 Å². The highest BCUT2D eigenvalue weighted by molar-refractivity contribution is 6.20. The third-order valence-corrected chi connectivity index (χ3v) is 3.40. The Labute approximate surface area is 102 Å². The van der Waals surface area contributed by atoms with Crippen LogP contribution in [0.3, 0.4) is 0 Å². The summed E-state index contributed by atoms with van der Waals surface area (Å²) >= 11 is 6.14. The van der Waals surface area contributed by atoms with E-state index in [9.17, 15) is 4.39 Å². The number of hydrogen-bond donors (Lipinski definition) is 0. The van der Waals surface area contributed by atoms with Crippen molar-refractivity contribution in [2.45, 2.75) is 32.1 Å². The Kier molecular flexibility index (Phi) is 5.07. The topological polar surface area (TPSA) is 9.23 Å². The molecule has 0 saturated heterocycles. The van der Waals surface area contributed by atoms with E-state index in [2.05, 4.69) is 13.8 Å². The smallest absolute Gasteiger partial charge is 0.168 e. The lowest BCUT2D eigenvalue weighted by Crippen LogP contribution is -2.09. The van der Waals surface area contributed by atoms with Crippen LogP contribution < -0.4 is 4.74 Å². The van der Waals surface area contributed by atoms with Crippen molar-refractivity contribution in [1.82, 2.24) is 0 Å². The molecule has 90 valence electrons. The number of aryl methyl sites for hydroxylation is 1. The van der Waals surface area contributed by atoms with Gasteiger partial charge in [-0.15, -0.1) is 11.6 Å². The predicted molar refractivity (Wildman–Crippen MR) is 65.8 cm³/mol. The normalized spacial score (nSPS) is 12.9. The van der Waals surface area contributed by atoms with Gasteiger partial charge in [-0.3, -0.25) is 0 Å². The van der Waals surface area contributed by atoms with Crippen LogP contribution in [0, 0.1) is 11.7 Å². The minimum Gasteiger partial charge on any atom is -0.494 e. The second-order valence-electron chi connectivity index (χ2n) is 4.23. The van der Waals surface area contributed by atoms with Crippen LogP contribution in [0.5, 0.6) is 5.75 Å². The molecule has 0 heterocycles. The molecule has 1 aromatic rings. The van der Waals surface area contributed by atoms with Crippen molar-refractivity contribution < 1.29 is 9.13 Å². The zero-order valence-electron chi connectivity index (χ0n) is 9.97. The van der Waals surface area contributed by atoms with Gasteiger partial charge < -0.3 is 4.74 Å². The van der Waals surface area contributed by atoms with Gasteiger partial charge in [0.1, 0.15) is 0 Å². The molecule has 1 nitrogen and oxygen atoms in total. The summed E-state index contributed by atoms with van der Waals surface area (Å²) in [5.74, 6) is 0.445. The third kappa shape index (κ3) is 3.38. The fourth-order valence-electron chi connectivity index (χ4n) is 1.53. The van der Waals surface area contributed by atoms with E-state index in [1.54, 1.807) is 18.2 Å². The van der Waals surface area contributed by atoms with E-state index < -0.39 is 0 Å². The lowest BCUT2D eigenvalue weighted by molar-refractivity contribution is 0.383. The van der Waals surface area contributed by atoms with Crippen molar-refractivity contribution in [3.05, 3.63) is 29.6 Å². The molecule has 0 saturated carbocycles. The Balaban J connectivity index is 2.67. The average molecular weight is 245 g/mol. The summed E-state index contributed by atoms with van der Waals surface area (Å²) < 4.78 is 18.7. The summed E-state index contributed by atoms with van der Waals surface area (Å²) in [6.07, 6.45) is 1.43. The van der Waals surface area contributed by atoms with Gasteiger partial charge in [-0.25, -0.2) is 4.39 Å². The number of methoxy groups -OCH3 is 1. The van der Waals surface area contributed by atoms with Crippen molar-refractivity contribution in [1.29, 1.82) is 0 Å². The number of alkyl halides is 1. The minimum atomic E-state index is -0.266. The van der Waals surface area contributed by atoms with E-state index in [1.807, 2.05) is 0 Å². The van der Waals surface area contributed by atoms with Crippen LogP contribution in [0.25, 0.3) is 0 Å². The van der Waals surface area contributed by atoms with E-state index in [1.165, 1.54) is 7.11 Å². The van der Waals surface area contributed by atoms with Crippen LogP contribution in [-0.2, 0) is 6.42 Å². The summed E-state index contributed by atoms with van der Waals surface area (Å²) in [6.45, 7) is 4.14. The second kappa shape index (κ2) is 6.09. The van der Waals surface area contributed by atoms with Crippen LogP contribution in [0.2, 0.25) is 0 Å². The fraction of sp³-hybridized carbons (Fsp3) is 0.538. The molecular weight excluding hydrogens is 227 g/mol. The zero-order chi connectivity index (χ0) is 12.1. The monoisotopic (exact) mass is 244 g/mol. The standard InChI is InChI=1S/C13H18ClFO/c1-9(2)11(14)8-7-10-5-4-6-12(16-3)13(10)15/h4-6,9,11H,7-8H2,1-3H3. The Morgan fingerprint density at radius 3 is 2.62 bits per heavy atom. The molecule has 0 bridgehead atoms. The van der Waals surface area contributed by atoms with Gasteiger partial charge in [0.05, 0.1) is 7.11 Å². The molecule has 0 aliphatic carbocycles. The first kappa shape index (κ1) is 13.3. The molecule has 1 atom stereocenters. The van der Waals surface area contributed by atoms with Gasteiger partial charge in [0.15, 0.2) is 11.6 Å². The van der Waals surface area contributed by atoms with Crippen molar-refractivity contribution >= 4 is 11.6 Å². The van der Waals surface area contributed by atoms with Gasteiger partial charge >= 0.3 is 0 Å². The fourth-order valence-corrected chi connectivity index (χ4v) is 1.64. The van der Waals surface area contributed by atoms with Gasteiger partial charge in [-0.1, -0.05) is 26.0 Å². The van der Waals surface area contributed by atoms with E-state index >= 15 is 0 Å². The van der Waals surface area contributed by atoms with Crippen molar-refractivity contribution in [3.8, 4) is 5.75 Å². The zero-order valence-corrected chi connectivity index (χ0v) is 10.7. The summed E-state index contributed by atoms with van der Waals surface area (Å²) in [5, 5.41) is 0.0885. The van der Waals surface area contributed by atoms with Crippen LogP contribution in [0.1, 0.15) is 25.8 Å². The predicted octanol–water partition coefficient (Wildman–Crippen LogP) is 4.03. The highest BCUT2D eigenvalue weighted by atomic mass is 35.5. The molecule has 0 aromatic heterocycles. The Morgan fingerprint density at radius 2 is 2.06 bits per heavy atom. The SMILES string of the molecule is COc1cccc(CCC(Cl)C(C)C)c1F. The molecule has 0 N–H and O–H groups in total. The number of benzene rings is 1. The summed E-state index contributed by atoms with van der Waals surface area (Å²) in [5.41, 5.74) is 0.672. The van der Waals surface area contributed by atoms with E-state index in [-0.39, 0.29) is 11.2 Å². The number of rotatable bonds is 5. The molecule has 0 spiro atoms. The first-order valence-electron chi connectivity index (χ1n) is 5.51. The summed E-state index contributed by atoms with van der Waals surface area (Å²) in [6, 6.07) is 5.21. The molecule has 0 fully saturated rings. The highest BCUT2D eigenvalue weighted by Gasteiger charge is 2.13. The molecule has 16 heavy (non-hydrogen) atoms. The Bertz CT molecular complexity index is 339. The van der Waals surface area contributed by atoms with Crippen molar-refractivity contribution in [2.24, 2.45) is 5.92 Å². The van der Waals surface area contributed by atoms with E-state index in [0.29, 0.717) is 23.7 Å². The number of halogens is 2. The summed E-state index contributed by atoms with van der Waals surface area (Å²) in [4.78, 5) is 0. The minimum absolute atomic E-state index is 0.0885. The lowest BCUT2D eigenvalue weighted by Gasteiger charge is -2.13. The molecule has 0 radical (unpaired) electrons. The first-order valence-corrected chi connectivity index (χ1v) is 5.95. The van der Waals surface area contributed by atoms with Gasteiger partial charge in [0, 0.05) is 5.38 Å². The lowest BCUT2D eigenvalue weighted by atomic mass is 10.0. The second-order valence-corrected chi connectivity index (χ2v) is 4.79. The molecule has 1 rings (SSSR count). The van der Waals surface area contributed by atoms with Crippen LogP contribution in [0.4, 0.5) is 4.39 Å². The van der Waals surface area contributed by atoms with Gasteiger partial charge in [-0.05, 0) is 30.4 Å². The molecule has 3 heteroatoms. The molecule has 1 unspecified atom stereocenters. The van der Waals surface area contributed by atoms with Crippen LogP contribution in [0.15, 0.2) is 18.2 Å². The van der Waals surface area contributed by atoms with Crippen molar-refractivity contribution in [2.75, 3.05) is 7.11 Å². The van der Waals surface area contributed by atoms with Gasteiger partial charge in [0.2, 0.25) is 0 Å². The maximum atomic E-state index is 13.8. The highest BCUT2D eigenvalue weighted by Crippen LogP contribution is 2.23.